The molecule has 1 fully saturated rings. The van der Waals surface area contributed by atoms with Crippen molar-refractivity contribution in [1.29, 1.82) is 0 Å². The molecule has 0 unspecified atom stereocenters. The van der Waals surface area contributed by atoms with Crippen LogP contribution in [0.3, 0.4) is 0 Å². The van der Waals surface area contributed by atoms with Gasteiger partial charge in [0.25, 0.3) is 5.91 Å². The van der Waals surface area contributed by atoms with Gasteiger partial charge >= 0.3 is 5.97 Å². The molecule has 2 aliphatic rings. The van der Waals surface area contributed by atoms with E-state index in [0.29, 0.717) is 17.3 Å². The quantitative estimate of drug-likeness (QED) is 0.317. The number of benzene rings is 2. The van der Waals surface area contributed by atoms with Gasteiger partial charge in [0.15, 0.2) is 5.75 Å². The number of carbonyl (C=O) groups excluding carboxylic acids is 1. The fourth-order valence-electron chi connectivity index (χ4n) is 4.06. The van der Waals surface area contributed by atoms with Crippen LogP contribution in [-0.4, -0.2) is 39.3 Å². The van der Waals surface area contributed by atoms with Gasteiger partial charge in [-0.2, -0.15) is 0 Å². The number of furan rings is 1. The minimum Gasteiger partial charge on any atom is -0.480 e. The van der Waals surface area contributed by atoms with E-state index in [1.54, 1.807) is 6.08 Å². The summed E-state index contributed by atoms with van der Waals surface area (Å²) in [6, 6.07) is 15.9. The van der Waals surface area contributed by atoms with Gasteiger partial charge in [-0.1, -0.05) is 48.3 Å². The van der Waals surface area contributed by atoms with Gasteiger partial charge in [-0.25, -0.2) is 0 Å². The average molecular weight is 519 g/mol. The number of allylic oxidation sites excluding steroid dienone is 4. The normalized spacial score (nSPS) is 18.0. The zero-order chi connectivity index (χ0) is 25.4. The molecule has 1 saturated heterocycles. The van der Waals surface area contributed by atoms with Gasteiger partial charge in [0, 0.05) is 17.5 Å². The molecule has 1 aromatic heterocycles. The second kappa shape index (κ2) is 9.67. The van der Waals surface area contributed by atoms with Crippen molar-refractivity contribution >= 4 is 56.8 Å². The van der Waals surface area contributed by atoms with E-state index in [0.717, 1.165) is 56.0 Å². The van der Waals surface area contributed by atoms with Crippen LogP contribution in [0.2, 0.25) is 0 Å². The molecule has 9 heteroatoms. The highest BCUT2D eigenvalue weighted by Crippen LogP contribution is 2.42. The summed E-state index contributed by atoms with van der Waals surface area (Å²) in [5.41, 5.74) is 3.56. The van der Waals surface area contributed by atoms with Gasteiger partial charge < -0.3 is 19.2 Å². The molecule has 2 aliphatic heterocycles. The lowest BCUT2D eigenvalue weighted by Crippen LogP contribution is -2.33. The topological polar surface area (TPSA) is 83.2 Å². The van der Waals surface area contributed by atoms with E-state index < -0.39 is 18.4 Å². The largest absolute Gasteiger partial charge is 0.480 e. The molecule has 2 aromatic carbocycles. The maximum absolute atomic E-state index is 12.5. The summed E-state index contributed by atoms with van der Waals surface area (Å²) in [6.45, 7) is 4.16. The summed E-state index contributed by atoms with van der Waals surface area (Å²) in [5.74, 6) is 0.712. The van der Waals surface area contributed by atoms with E-state index in [2.05, 4.69) is 11.0 Å². The van der Waals surface area contributed by atoms with Crippen molar-refractivity contribution in [3.63, 3.8) is 0 Å². The number of hydrogen-bond donors (Lipinski definition) is 1. The van der Waals surface area contributed by atoms with Crippen LogP contribution in [-0.2, 0) is 9.59 Å². The van der Waals surface area contributed by atoms with Gasteiger partial charge in [-0.15, -0.1) is 0 Å². The van der Waals surface area contributed by atoms with Crippen LogP contribution >= 0.6 is 24.0 Å². The summed E-state index contributed by atoms with van der Waals surface area (Å²) in [4.78, 5) is 27.1. The molecule has 1 N–H and O–H groups in total. The Morgan fingerprint density at radius 3 is 2.72 bits per heavy atom. The molecule has 0 spiro atoms. The molecule has 1 amide bonds. The summed E-state index contributed by atoms with van der Waals surface area (Å²) in [7, 11) is 0. The molecule has 0 radical (unpaired) electrons. The van der Waals surface area contributed by atoms with E-state index in [4.69, 9.17) is 26.5 Å². The van der Waals surface area contributed by atoms with Crippen molar-refractivity contribution < 1.29 is 23.8 Å². The van der Waals surface area contributed by atoms with Crippen LogP contribution in [0.1, 0.15) is 13.8 Å². The Balaban J connectivity index is 1.38. The van der Waals surface area contributed by atoms with Crippen LogP contribution < -0.4 is 9.64 Å². The van der Waals surface area contributed by atoms with Crippen LogP contribution in [0, 0.1) is 0 Å². The minimum absolute atomic E-state index is 0.242. The summed E-state index contributed by atoms with van der Waals surface area (Å²) < 4.78 is 12.4. The van der Waals surface area contributed by atoms with E-state index in [1.165, 1.54) is 0 Å². The van der Waals surface area contributed by atoms with E-state index in [1.807, 2.05) is 68.5 Å². The fraction of sp³-hybridized carbons (Fsp3) is 0.148. The molecular weight excluding hydrogens is 496 g/mol. The van der Waals surface area contributed by atoms with Crippen molar-refractivity contribution in [3.05, 3.63) is 83.1 Å². The number of hydrogen-bond acceptors (Lipinski definition) is 7. The highest BCUT2D eigenvalue weighted by atomic mass is 32.2. The fourth-order valence-corrected chi connectivity index (χ4v) is 5.36. The second-order valence-corrected chi connectivity index (χ2v) is 9.93. The first kappa shape index (κ1) is 23.9. The number of carbonyl (C=O) groups is 2. The number of carboxylic acid groups (broad SMARTS) is 1. The number of nitrogens with zero attached hydrogens (tertiary/aromatic N) is 2. The Hall–Kier alpha value is -3.82. The van der Waals surface area contributed by atoms with E-state index in [-0.39, 0.29) is 4.32 Å². The zero-order valence-electron chi connectivity index (χ0n) is 19.6. The molecule has 36 heavy (non-hydrogen) atoms. The number of ether oxygens (including phenoxy) is 1. The van der Waals surface area contributed by atoms with Crippen LogP contribution in [0.5, 0.6) is 5.75 Å². The number of thiocarbonyl (C=S) groups is 1. The first-order valence-electron chi connectivity index (χ1n) is 11.3. The first-order chi connectivity index (χ1) is 17.3. The SMILES string of the molecule is CCN1C(=CC=C(C)C=C2SC(=S)N(CC(=O)O)C2=O)Oc2ccc(-c3cc4ccccc4o3)cc21. The third-order valence-electron chi connectivity index (χ3n) is 5.77. The van der Waals surface area contributed by atoms with E-state index >= 15 is 0 Å². The molecule has 7 nitrogen and oxygen atoms in total. The Labute approximate surface area is 217 Å². The molecular formula is C27H22N2O5S2. The summed E-state index contributed by atoms with van der Waals surface area (Å²) >= 11 is 6.25. The third-order valence-corrected chi connectivity index (χ3v) is 7.15. The van der Waals surface area contributed by atoms with Crippen molar-refractivity contribution in [1.82, 2.24) is 4.90 Å². The van der Waals surface area contributed by atoms with E-state index in [9.17, 15) is 9.59 Å². The lowest BCUT2D eigenvalue weighted by molar-refractivity contribution is -0.140. The number of amides is 1. The Morgan fingerprint density at radius 2 is 1.97 bits per heavy atom. The molecule has 0 atom stereocenters. The number of anilines is 1. The molecule has 3 aromatic rings. The number of rotatable bonds is 6. The monoisotopic (exact) mass is 518 g/mol. The number of aliphatic carboxylic acids is 1. The van der Waals surface area contributed by atoms with Crippen molar-refractivity contribution in [3.8, 4) is 17.1 Å². The van der Waals surface area contributed by atoms with Crippen LogP contribution in [0.4, 0.5) is 5.69 Å². The van der Waals surface area contributed by atoms with Crippen molar-refractivity contribution in [2.75, 3.05) is 18.0 Å². The van der Waals surface area contributed by atoms with Gasteiger partial charge in [-0.3, -0.25) is 14.5 Å². The number of carboxylic acids is 1. The summed E-state index contributed by atoms with van der Waals surface area (Å²) in [6.07, 6.45) is 5.41. The lowest BCUT2D eigenvalue weighted by Gasteiger charge is -2.15. The maximum Gasteiger partial charge on any atom is 0.323 e. The Morgan fingerprint density at radius 1 is 1.17 bits per heavy atom. The average Bonchev–Trinajstić information content (AvgIpc) is 3.51. The van der Waals surface area contributed by atoms with Crippen LogP contribution in [0.25, 0.3) is 22.3 Å². The lowest BCUT2D eigenvalue weighted by atomic mass is 10.1. The van der Waals surface area contributed by atoms with Crippen molar-refractivity contribution in [2.24, 2.45) is 0 Å². The number of thioether (sulfide) groups is 1. The van der Waals surface area contributed by atoms with Gasteiger partial charge in [0.1, 0.15) is 22.2 Å². The standard InChI is InChI=1S/C27H22N2O5S2/c1-3-28-19-13-18(22-14-17-6-4-5-7-20(17)33-22)9-10-21(19)34-24(28)11-8-16(2)12-23-26(32)29(15-25(30)31)27(35)36-23/h4-14H,3,15H2,1-2H3,(H,30,31). The Kier molecular flexibility index (Phi) is 6.42. The van der Waals surface area contributed by atoms with Crippen molar-refractivity contribution in [2.45, 2.75) is 13.8 Å². The molecule has 0 aliphatic carbocycles. The van der Waals surface area contributed by atoms with Crippen LogP contribution in [0.15, 0.2) is 87.5 Å². The highest BCUT2D eigenvalue weighted by molar-refractivity contribution is 8.26. The molecule has 3 heterocycles. The first-order valence-corrected chi connectivity index (χ1v) is 12.5. The number of fused-ring (bicyclic) bond motifs is 2. The third kappa shape index (κ3) is 4.55. The molecule has 5 rings (SSSR count). The molecule has 0 saturated carbocycles. The minimum atomic E-state index is -1.11. The predicted molar refractivity (Wildman–Crippen MR) is 145 cm³/mol. The smallest absolute Gasteiger partial charge is 0.323 e. The Bertz CT molecular complexity index is 1470. The molecule has 0 bridgehead atoms. The summed E-state index contributed by atoms with van der Waals surface area (Å²) in [5, 5.41) is 10.0. The van der Waals surface area contributed by atoms with Gasteiger partial charge in [0.2, 0.25) is 5.88 Å². The molecule has 182 valence electrons. The predicted octanol–water partition coefficient (Wildman–Crippen LogP) is 5.94. The maximum atomic E-state index is 12.5. The van der Waals surface area contributed by atoms with Gasteiger partial charge in [-0.05, 0) is 61.9 Å². The zero-order valence-corrected chi connectivity index (χ0v) is 21.2. The second-order valence-electron chi connectivity index (χ2n) is 8.25. The van der Waals surface area contributed by atoms with Gasteiger partial charge in [0.05, 0.1) is 10.6 Å². The highest BCUT2D eigenvalue weighted by Gasteiger charge is 2.33. The number of para-hydroxylation sites is 1.